The Labute approximate surface area is 198 Å². The predicted octanol–water partition coefficient (Wildman–Crippen LogP) is 3.46. The van der Waals surface area contributed by atoms with Gasteiger partial charge in [0.1, 0.15) is 0 Å². The molecule has 3 aromatic rings. The molecule has 1 amide bonds. The van der Waals surface area contributed by atoms with Crippen molar-refractivity contribution in [3.8, 4) is 5.69 Å². The van der Waals surface area contributed by atoms with Crippen LogP contribution in [0, 0.1) is 30.9 Å². The van der Waals surface area contributed by atoms with Crippen LogP contribution in [-0.4, -0.2) is 59.2 Å². The highest BCUT2D eigenvalue weighted by molar-refractivity contribution is 7.89. The third kappa shape index (κ3) is 4.34. The van der Waals surface area contributed by atoms with Gasteiger partial charge >= 0.3 is 0 Å². The molecule has 0 saturated carbocycles. The van der Waals surface area contributed by atoms with Gasteiger partial charge in [-0.2, -0.15) is 4.31 Å². The molecule has 1 saturated heterocycles. The van der Waals surface area contributed by atoms with Gasteiger partial charge in [-0.15, -0.1) is 0 Å². The minimum Gasteiger partial charge on any atom is -0.336 e. The Balaban J connectivity index is 1.46. The molecule has 2 heterocycles. The number of aromatic nitrogens is 1. The minimum atomic E-state index is -3.91. The second kappa shape index (κ2) is 9.03. The summed E-state index contributed by atoms with van der Waals surface area (Å²) in [5, 5.41) is 11.1. The Morgan fingerprint density at radius 1 is 0.882 bits per heavy atom. The summed E-state index contributed by atoms with van der Waals surface area (Å²) >= 11 is 0. The van der Waals surface area contributed by atoms with E-state index in [0.717, 1.165) is 23.1 Å². The maximum absolute atomic E-state index is 13.1. The Morgan fingerprint density at radius 2 is 1.47 bits per heavy atom. The number of rotatable bonds is 5. The first kappa shape index (κ1) is 23.7. The van der Waals surface area contributed by atoms with Gasteiger partial charge in [-0.25, -0.2) is 8.42 Å². The van der Waals surface area contributed by atoms with Crippen LogP contribution >= 0.6 is 0 Å². The van der Waals surface area contributed by atoms with Crippen LogP contribution in [0.4, 0.5) is 5.69 Å². The van der Waals surface area contributed by atoms with E-state index in [9.17, 15) is 23.3 Å². The van der Waals surface area contributed by atoms with Crippen LogP contribution in [0.2, 0.25) is 0 Å². The van der Waals surface area contributed by atoms with Crippen molar-refractivity contribution in [3.63, 3.8) is 0 Å². The number of hydrogen-bond acceptors (Lipinski definition) is 5. The van der Waals surface area contributed by atoms with E-state index in [0.29, 0.717) is 11.1 Å². The molecule has 1 fully saturated rings. The molecule has 0 aliphatic carbocycles. The summed E-state index contributed by atoms with van der Waals surface area (Å²) in [6, 6.07) is 15.3. The highest BCUT2D eigenvalue weighted by Crippen LogP contribution is 2.26. The summed E-state index contributed by atoms with van der Waals surface area (Å²) in [6.07, 6.45) is 0. The Hall–Kier alpha value is -3.50. The first-order chi connectivity index (χ1) is 16.1. The van der Waals surface area contributed by atoms with Crippen LogP contribution in [0.5, 0.6) is 0 Å². The molecule has 0 radical (unpaired) electrons. The van der Waals surface area contributed by atoms with Gasteiger partial charge in [0.15, 0.2) is 0 Å². The maximum atomic E-state index is 13.1. The number of sulfonamides is 1. The SMILES string of the molecule is Cc1ccc([N+](=O)[O-])cc1S(=O)(=O)N1CCN(C(=O)c2ccc(-n3c(C)ccc3C)cc2)CC1. The topological polar surface area (TPSA) is 106 Å². The number of aryl methyl sites for hydroxylation is 3. The third-order valence-corrected chi connectivity index (χ3v) is 8.21. The van der Waals surface area contributed by atoms with Crippen LogP contribution in [0.15, 0.2) is 59.5 Å². The molecular weight excluding hydrogens is 456 g/mol. The average molecular weight is 483 g/mol. The van der Waals surface area contributed by atoms with Crippen LogP contribution < -0.4 is 0 Å². The molecular formula is C24H26N4O5S. The van der Waals surface area contributed by atoms with Crippen LogP contribution in [0.25, 0.3) is 5.69 Å². The van der Waals surface area contributed by atoms with Gasteiger partial charge in [0.25, 0.3) is 11.6 Å². The highest BCUT2D eigenvalue weighted by atomic mass is 32.2. The van der Waals surface area contributed by atoms with Crippen molar-refractivity contribution in [3.05, 3.63) is 87.2 Å². The number of nitro benzene ring substituents is 1. The van der Waals surface area contributed by atoms with Crippen molar-refractivity contribution in [2.24, 2.45) is 0 Å². The number of carbonyl (C=O) groups excluding carboxylic acids is 1. The van der Waals surface area contributed by atoms with E-state index >= 15 is 0 Å². The Morgan fingerprint density at radius 3 is 2.03 bits per heavy atom. The summed E-state index contributed by atoms with van der Waals surface area (Å²) in [5.74, 6) is -0.156. The molecule has 0 unspecified atom stereocenters. The minimum absolute atomic E-state index is 0.0762. The lowest BCUT2D eigenvalue weighted by atomic mass is 10.1. The number of hydrogen-bond donors (Lipinski definition) is 0. The highest BCUT2D eigenvalue weighted by Gasteiger charge is 2.32. The molecule has 0 N–H and O–H groups in total. The van der Waals surface area contributed by atoms with Crippen molar-refractivity contribution in [1.29, 1.82) is 0 Å². The summed E-state index contributed by atoms with van der Waals surface area (Å²) in [7, 11) is -3.91. The van der Waals surface area contributed by atoms with Gasteiger partial charge in [0, 0.05) is 61.0 Å². The fourth-order valence-electron chi connectivity index (χ4n) is 4.26. The zero-order chi connectivity index (χ0) is 24.6. The summed E-state index contributed by atoms with van der Waals surface area (Å²) in [6.45, 7) is 6.37. The number of non-ortho nitro benzene ring substituents is 1. The third-order valence-electron chi connectivity index (χ3n) is 6.17. The molecule has 34 heavy (non-hydrogen) atoms. The zero-order valence-electron chi connectivity index (χ0n) is 19.3. The van der Waals surface area contributed by atoms with Crippen molar-refractivity contribution in [2.75, 3.05) is 26.2 Å². The number of piperazine rings is 1. The Bertz CT molecular complexity index is 1340. The van der Waals surface area contributed by atoms with E-state index in [2.05, 4.69) is 4.57 Å². The smallest absolute Gasteiger partial charge is 0.270 e. The molecule has 0 spiro atoms. The second-order valence-electron chi connectivity index (χ2n) is 8.40. The van der Waals surface area contributed by atoms with E-state index < -0.39 is 14.9 Å². The van der Waals surface area contributed by atoms with Crippen LogP contribution in [0.3, 0.4) is 0 Å². The number of benzene rings is 2. The number of nitro groups is 1. The molecule has 0 atom stereocenters. The fraction of sp³-hybridized carbons (Fsp3) is 0.292. The van der Waals surface area contributed by atoms with E-state index in [-0.39, 0.29) is 42.7 Å². The number of nitrogens with zero attached hydrogens (tertiary/aromatic N) is 4. The maximum Gasteiger partial charge on any atom is 0.270 e. The zero-order valence-corrected chi connectivity index (χ0v) is 20.1. The Kier molecular flexibility index (Phi) is 6.28. The van der Waals surface area contributed by atoms with Gasteiger partial charge < -0.3 is 9.47 Å². The summed E-state index contributed by atoms with van der Waals surface area (Å²) in [4.78, 5) is 25.0. The molecule has 0 bridgehead atoms. The van der Waals surface area contributed by atoms with Gasteiger partial charge in [-0.1, -0.05) is 6.07 Å². The molecule has 1 aliphatic rings. The fourth-order valence-corrected chi connectivity index (χ4v) is 5.93. The molecule has 4 rings (SSSR count). The summed E-state index contributed by atoms with van der Waals surface area (Å²) in [5.41, 5.74) is 3.89. The van der Waals surface area contributed by atoms with Crippen molar-refractivity contribution in [2.45, 2.75) is 25.7 Å². The summed E-state index contributed by atoms with van der Waals surface area (Å²) < 4.78 is 29.7. The van der Waals surface area contributed by atoms with Crippen molar-refractivity contribution in [1.82, 2.24) is 13.8 Å². The van der Waals surface area contributed by atoms with Crippen LogP contribution in [0.1, 0.15) is 27.3 Å². The lowest BCUT2D eigenvalue weighted by molar-refractivity contribution is -0.385. The molecule has 1 aliphatic heterocycles. The van der Waals surface area contributed by atoms with E-state index in [1.165, 1.54) is 16.4 Å². The first-order valence-corrected chi connectivity index (χ1v) is 12.3. The normalized spacial score (nSPS) is 14.9. The molecule has 10 heteroatoms. The van der Waals surface area contributed by atoms with Crippen molar-refractivity contribution < 1.29 is 18.1 Å². The van der Waals surface area contributed by atoms with E-state index in [4.69, 9.17) is 0 Å². The lowest BCUT2D eigenvalue weighted by Crippen LogP contribution is -2.50. The van der Waals surface area contributed by atoms with Crippen molar-refractivity contribution >= 4 is 21.6 Å². The molecule has 1 aromatic heterocycles. The van der Waals surface area contributed by atoms with Gasteiger partial charge in [-0.3, -0.25) is 14.9 Å². The first-order valence-electron chi connectivity index (χ1n) is 10.9. The quantitative estimate of drug-likeness (QED) is 0.409. The van der Waals surface area contributed by atoms with E-state index in [1.807, 2.05) is 38.1 Å². The largest absolute Gasteiger partial charge is 0.336 e. The van der Waals surface area contributed by atoms with Gasteiger partial charge in [0.2, 0.25) is 10.0 Å². The number of amides is 1. The lowest BCUT2D eigenvalue weighted by Gasteiger charge is -2.34. The predicted molar refractivity (Wildman–Crippen MR) is 128 cm³/mol. The van der Waals surface area contributed by atoms with Gasteiger partial charge in [-0.05, 0) is 62.7 Å². The molecule has 178 valence electrons. The molecule has 2 aromatic carbocycles. The molecule has 9 nitrogen and oxygen atoms in total. The standard InChI is InChI=1S/C24H26N4O5S/c1-17-4-9-22(28(30)31)16-23(17)34(32,33)26-14-12-25(13-15-26)24(29)20-7-10-21(11-8-20)27-18(2)5-6-19(27)3/h4-11,16H,12-15H2,1-3H3. The van der Waals surface area contributed by atoms with Gasteiger partial charge in [0.05, 0.1) is 9.82 Å². The van der Waals surface area contributed by atoms with E-state index in [1.54, 1.807) is 24.0 Å². The number of carbonyl (C=O) groups is 1. The monoisotopic (exact) mass is 482 g/mol. The average Bonchev–Trinajstić information content (AvgIpc) is 3.16. The second-order valence-corrected chi connectivity index (χ2v) is 10.3. The van der Waals surface area contributed by atoms with Crippen LogP contribution in [-0.2, 0) is 10.0 Å².